The van der Waals surface area contributed by atoms with Gasteiger partial charge in [-0.2, -0.15) is 0 Å². The van der Waals surface area contributed by atoms with Crippen LogP contribution in [0.4, 0.5) is 0 Å². The molecule has 0 radical (unpaired) electrons. The molecule has 0 spiro atoms. The molecular weight excluding hydrogens is 184 g/mol. The lowest BCUT2D eigenvalue weighted by Gasteiger charge is -2.27. The molecule has 0 aromatic rings. The highest BCUT2D eigenvalue weighted by Crippen LogP contribution is 2.02. The summed E-state index contributed by atoms with van der Waals surface area (Å²) in [6, 6.07) is -0.743. The van der Waals surface area contributed by atoms with E-state index in [1.54, 1.807) is 20.8 Å². The van der Waals surface area contributed by atoms with E-state index in [1.807, 2.05) is 0 Å². The molecule has 0 saturated carbocycles. The van der Waals surface area contributed by atoms with E-state index in [0.717, 1.165) is 0 Å². The highest BCUT2D eigenvalue weighted by atomic mass is 16.4. The van der Waals surface area contributed by atoms with E-state index in [9.17, 15) is 9.59 Å². The predicted octanol–water partition coefficient (Wildman–Crippen LogP) is 0.0453. The summed E-state index contributed by atoms with van der Waals surface area (Å²) in [6.45, 7) is 5.04. The molecule has 0 aromatic heterocycles. The van der Waals surface area contributed by atoms with Gasteiger partial charge in [-0.15, -0.1) is 0 Å². The number of rotatable bonds is 5. The lowest BCUT2D eigenvalue weighted by atomic mass is 10.2. The van der Waals surface area contributed by atoms with Crippen molar-refractivity contribution < 1.29 is 14.7 Å². The van der Waals surface area contributed by atoms with Crippen LogP contribution in [0.5, 0.6) is 0 Å². The molecule has 0 bridgehead atoms. The maximum atomic E-state index is 11.6. The number of hydrogen-bond donors (Lipinski definition) is 2. The molecule has 0 unspecified atom stereocenters. The Balaban J connectivity index is 4.49. The van der Waals surface area contributed by atoms with Crippen LogP contribution < -0.4 is 5.73 Å². The Morgan fingerprint density at radius 2 is 1.93 bits per heavy atom. The van der Waals surface area contributed by atoms with Crippen LogP contribution in [0.15, 0.2) is 0 Å². The van der Waals surface area contributed by atoms with Crippen LogP contribution in [0.2, 0.25) is 0 Å². The zero-order valence-corrected chi connectivity index (χ0v) is 8.86. The van der Waals surface area contributed by atoms with E-state index in [1.165, 1.54) is 4.90 Å². The van der Waals surface area contributed by atoms with Gasteiger partial charge in [0.2, 0.25) is 5.91 Å². The molecule has 0 rings (SSSR count). The fourth-order valence-electron chi connectivity index (χ4n) is 1.05. The third-order valence-corrected chi connectivity index (χ3v) is 1.97. The van der Waals surface area contributed by atoms with Gasteiger partial charge in [0.1, 0.15) is 6.54 Å². The minimum absolute atomic E-state index is 0.142. The van der Waals surface area contributed by atoms with Crippen molar-refractivity contribution in [2.24, 2.45) is 5.73 Å². The van der Waals surface area contributed by atoms with Gasteiger partial charge < -0.3 is 15.7 Å². The average Bonchev–Trinajstić information content (AvgIpc) is 2.11. The molecule has 1 amide bonds. The first-order valence-electron chi connectivity index (χ1n) is 4.68. The first-order chi connectivity index (χ1) is 6.40. The van der Waals surface area contributed by atoms with Crippen molar-refractivity contribution >= 4 is 11.9 Å². The fourth-order valence-corrected chi connectivity index (χ4v) is 1.05. The van der Waals surface area contributed by atoms with Gasteiger partial charge >= 0.3 is 5.97 Å². The Morgan fingerprint density at radius 3 is 2.21 bits per heavy atom. The minimum atomic E-state index is -1.02. The van der Waals surface area contributed by atoms with Gasteiger partial charge in [0.05, 0.1) is 6.04 Å². The SMILES string of the molecule is CC[C@@H](N)C(=O)N(CC(=O)O)C(C)C. The number of nitrogens with two attached hydrogens (primary N) is 1. The summed E-state index contributed by atoms with van der Waals surface area (Å²) in [5.74, 6) is -1.32. The molecule has 5 heteroatoms. The van der Waals surface area contributed by atoms with Crippen LogP contribution in [0, 0.1) is 0 Å². The minimum Gasteiger partial charge on any atom is -0.480 e. The van der Waals surface area contributed by atoms with E-state index in [-0.39, 0.29) is 18.5 Å². The molecule has 0 aliphatic rings. The van der Waals surface area contributed by atoms with E-state index < -0.39 is 12.0 Å². The lowest BCUT2D eigenvalue weighted by Crippen LogP contribution is -2.48. The zero-order chi connectivity index (χ0) is 11.3. The molecular formula is C9H18N2O3. The first-order valence-corrected chi connectivity index (χ1v) is 4.68. The normalized spacial score (nSPS) is 12.6. The van der Waals surface area contributed by atoms with Gasteiger partial charge in [0, 0.05) is 6.04 Å². The Hall–Kier alpha value is -1.10. The summed E-state index contributed by atoms with van der Waals surface area (Å²) in [5, 5.41) is 8.60. The Labute approximate surface area is 83.9 Å². The van der Waals surface area contributed by atoms with Crippen molar-refractivity contribution in [1.82, 2.24) is 4.90 Å². The van der Waals surface area contributed by atoms with Crippen LogP contribution in [0.3, 0.4) is 0 Å². The number of hydrogen-bond acceptors (Lipinski definition) is 3. The van der Waals surface area contributed by atoms with Gasteiger partial charge in [-0.3, -0.25) is 9.59 Å². The van der Waals surface area contributed by atoms with Crippen LogP contribution in [0.25, 0.3) is 0 Å². The second-order valence-corrected chi connectivity index (χ2v) is 3.47. The summed E-state index contributed by atoms with van der Waals surface area (Å²) in [5.41, 5.74) is 5.55. The first kappa shape index (κ1) is 12.9. The maximum Gasteiger partial charge on any atom is 0.323 e. The van der Waals surface area contributed by atoms with E-state index in [4.69, 9.17) is 10.8 Å². The van der Waals surface area contributed by atoms with Gasteiger partial charge in [0.15, 0.2) is 0 Å². The third-order valence-electron chi connectivity index (χ3n) is 1.97. The number of carbonyl (C=O) groups is 2. The quantitative estimate of drug-likeness (QED) is 0.659. The number of nitrogens with zero attached hydrogens (tertiary/aromatic N) is 1. The van der Waals surface area contributed by atoms with Gasteiger partial charge in [-0.25, -0.2) is 0 Å². The third kappa shape index (κ3) is 3.74. The van der Waals surface area contributed by atoms with Crippen molar-refractivity contribution in [3.05, 3.63) is 0 Å². The number of amides is 1. The summed E-state index contributed by atoms with van der Waals surface area (Å²) in [7, 11) is 0. The van der Waals surface area contributed by atoms with E-state index in [0.29, 0.717) is 6.42 Å². The summed E-state index contributed by atoms with van der Waals surface area (Å²) < 4.78 is 0. The molecule has 3 N–H and O–H groups in total. The highest BCUT2D eigenvalue weighted by Gasteiger charge is 2.23. The van der Waals surface area contributed by atoms with Crippen molar-refractivity contribution in [2.45, 2.75) is 39.3 Å². The van der Waals surface area contributed by atoms with E-state index >= 15 is 0 Å². The Morgan fingerprint density at radius 1 is 1.43 bits per heavy atom. The molecule has 14 heavy (non-hydrogen) atoms. The van der Waals surface area contributed by atoms with Crippen LogP contribution >= 0.6 is 0 Å². The zero-order valence-electron chi connectivity index (χ0n) is 8.86. The van der Waals surface area contributed by atoms with Crippen LogP contribution in [-0.2, 0) is 9.59 Å². The second-order valence-electron chi connectivity index (χ2n) is 3.47. The molecule has 0 aromatic carbocycles. The molecule has 0 fully saturated rings. The largest absolute Gasteiger partial charge is 0.480 e. The monoisotopic (exact) mass is 202 g/mol. The van der Waals surface area contributed by atoms with Gasteiger partial charge in [-0.1, -0.05) is 6.92 Å². The predicted molar refractivity (Wildman–Crippen MR) is 52.8 cm³/mol. The van der Waals surface area contributed by atoms with Crippen LogP contribution in [0.1, 0.15) is 27.2 Å². The summed E-state index contributed by atoms with van der Waals surface area (Å²) in [4.78, 5) is 23.4. The summed E-state index contributed by atoms with van der Waals surface area (Å²) >= 11 is 0. The number of carboxylic acids is 1. The standard InChI is InChI=1S/C9H18N2O3/c1-4-7(10)9(14)11(6(2)3)5-8(12)13/h6-7H,4-5,10H2,1-3H3,(H,12,13)/t7-/m1/s1. The molecule has 1 atom stereocenters. The smallest absolute Gasteiger partial charge is 0.323 e. The average molecular weight is 202 g/mol. The molecule has 0 heterocycles. The van der Waals surface area contributed by atoms with E-state index in [2.05, 4.69) is 0 Å². The van der Waals surface area contributed by atoms with Gasteiger partial charge in [0.25, 0.3) is 0 Å². The Bertz CT molecular complexity index is 216. The molecule has 0 saturated heterocycles. The lowest BCUT2D eigenvalue weighted by molar-refractivity contribution is -0.146. The number of carbonyl (C=O) groups excluding carboxylic acids is 1. The van der Waals surface area contributed by atoms with Crippen molar-refractivity contribution in [1.29, 1.82) is 0 Å². The molecule has 5 nitrogen and oxygen atoms in total. The fraction of sp³-hybridized carbons (Fsp3) is 0.778. The summed E-state index contributed by atoms with van der Waals surface area (Å²) in [6.07, 6.45) is 0.516. The highest BCUT2D eigenvalue weighted by molar-refractivity contribution is 5.85. The van der Waals surface area contributed by atoms with Crippen LogP contribution in [-0.4, -0.2) is 40.5 Å². The molecule has 0 aliphatic carbocycles. The van der Waals surface area contributed by atoms with Crippen molar-refractivity contribution in [2.75, 3.05) is 6.54 Å². The topological polar surface area (TPSA) is 83.6 Å². The van der Waals surface area contributed by atoms with Crippen molar-refractivity contribution in [3.8, 4) is 0 Å². The second kappa shape index (κ2) is 5.59. The maximum absolute atomic E-state index is 11.6. The van der Waals surface area contributed by atoms with Crippen molar-refractivity contribution in [3.63, 3.8) is 0 Å². The van der Waals surface area contributed by atoms with Gasteiger partial charge in [-0.05, 0) is 20.3 Å². The molecule has 82 valence electrons. The Kier molecular flexibility index (Phi) is 5.15. The number of aliphatic carboxylic acids is 1. The number of carboxylic acid groups (broad SMARTS) is 1. The molecule has 0 aliphatic heterocycles.